The number of rotatable bonds is 5. The molecule has 4 aromatic rings. The maximum atomic E-state index is 13.7. The van der Waals surface area contributed by atoms with Crippen molar-refractivity contribution in [3.63, 3.8) is 0 Å². The van der Waals surface area contributed by atoms with Crippen LogP contribution in [0.5, 0.6) is 5.75 Å². The Bertz CT molecular complexity index is 1360. The van der Waals surface area contributed by atoms with Crippen LogP contribution in [-0.2, 0) is 4.79 Å². The Labute approximate surface area is 195 Å². The molecule has 7 nitrogen and oxygen atoms in total. The fourth-order valence-corrected chi connectivity index (χ4v) is 3.98. The second-order valence-electron chi connectivity index (χ2n) is 7.87. The van der Waals surface area contributed by atoms with Gasteiger partial charge in [-0.25, -0.2) is 9.07 Å². The van der Waals surface area contributed by atoms with Crippen LogP contribution in [0, 0.1) is 5.82 Å². The van der Waals surface area contributed by atoms with Crippen LogP contribution in [0.4, 0.5) is 16.0 Å². The average molecular weight is 455 g/mol. The zero-order valence-corrected chi connectivity index (χ0v) is 18.6. The summed E-state index contributed by atoms with van der Waals surface area (Å²) < 4.78 is 20.6. The Hall–Kier alpha value is -4.46. The van der Waals surface area contributed by atoms with Gasteiger partial charge in [0.15, 0.2) is 5.82 Å². The van der Waals surface area contributed by atoms with E-state index in [1.165, 1.54) is 12.1 Å². The van der Waals surface area contributed by atoms with Gasteiger partial charge in [-0.05, 0) is 61.0 Å². The van der Waals surface area contributed by atoms with E-state index in [-0.39, 0.29) is 11.7 Å². The fraction of sp³-hybridized carbons (Fsp3) is 0.115. The number of aromatic nitrogens is 3. The summed E-state index contributed by atoms with van der Waals surface area (Å²) in [6.45, 7) is 1.82. The van der Waals surface area contributed by atoms with E-state index in [4.69, 9.17) is 9.84 Å². The maximum Gasteiger partial charge on any atom is 0.255 e. The molecule has 0 bridgehead atoms. The normalized spacial score (nSPS) is 14.9. The standard InChI is InChI=1S/C26H22FN5O2/c1-16-22(25(33)29-20-6-4-3-5-7-20)23(17-8-12-19(27)13-9-17)32-26(28-16)30-24(31-32)18-10-14-21(34-2)15-11-18/h3-15,23H,1-2H3,(H,29,33)(H,28,30,31). The zero-order valence-electron chi connectivity index (χ0n) is 18.6. The van der Waals surface area contributed by atoms with Gasteiger partial charge >= 0.3 is 0 Å². The van der Waals surface area contributed by atoms with Crippen molar-refractivity contribution < 1.29 is 13.9 Å². The third kappa shape index (κ3) is 4.01. The summed E-state index contributed by atoms with van der Waals surface area (Å²) in [7, 11) is 1.61. The minimum absolute atomic E-state index is 0.280. The highest BCUT2D eigenvalue weighted by Gasteiger charge is 2.34. The van der Waals surface area contributed by atoms with E-state index < -0.39 is 6.04 Å². The number of carbonyl (C=O) groups is 1. The van der Waals surface area contributed by atoms with Crippen LogP contribution >= 0.6 is 0 Å². The molecular formula is C26H22FN5O2. The largest absolute Gasteiger partial charge is 0.497 e. The van der Waals surface area contributed by atoms with Crippen LogP contribution in [0.1, 0.15) is 18.5 Å². The molecule has 34 heavy (non-hydrogen) atoms. The van der Waals surface area contributed by atoms with Crippen LogP contribution in [0.15, 0.2) is 90.1 Å². The number of hydrogen-bond donors (Lipinski definition) is 2. The van der Waals surface area contributed by atoms with Gasteiger partial charge in [0, 0.05) is 16.9 Å². The number of para-hydroxylation sites is 1. The van der Waals surface area contributed by atoms with E-state index >= 15 is 0 Å². The van der Waals surface area contributed by atoms with Gasteiger partial charge in [0.25, 0.3) is 5.91 Å². The summed E-state index contributed by atoms with van der Waals surface area (Å²) in [4.78, 5) is 18.1. The molecule has 0 saturated carbocycles. The van der Waals surface area contributed by atoms with E-state index in [0.29, 0.717) is 34.3 Å². The number of hydrogen-bond acceptors (Lipinski definition) is 5. The van der Waals surface area contributed by atoms with Gasteiger partial charge in [0.1, 0.15) is 17.6 Å². The van der Waals surface area contributed by atoms with Gasteiger partial charge in [-0.2, -0.15) is 4.98 Å². The molecule has 1 unspecified atom stereocenters. The molecule has 170 valence electrons. The summed E-state index contributed by atoms with van der Waals surface area (Å²) in [6, 6.07) is 22.1. The molecule has 1 aromatic heterocycles. The maximum absolute atomic E-state index is 13.7. The van der Waals surface area contributed by atoms with E-state index in [1.54, 1.807) is 23.9 Å². The van der Waals surface area contributed by atoms with Crippen molar-refractivity contribution in [1.29, 1.82) is 0 Å². The lowest BCUT2D eigenvalue weighted by atomic mass is 9.95. The smallest absolute Gasteiger partial charge is 0.255 e. The van der Waals surface area contributed by atoms with Crippen LogP contribution in [0.3, 0.4) is 0 Å². The number of nitrogens with one attached hydrogen (secondary N) is 2. The average Bonchev–Trinajstić information content (AvgIpc) is 3.28. The number of anilines is 2. The molecule has 8 heteroatoms. The van der Waals surface area contributed by atoms with E-state index in [0.717, 1.165) is 11.3 Å². The second kappa shape index (κ2) is 8.82. The molecule has 1 amide bonds. The van der Waals surface area contributed by atoms with E-state index in [9.17, 15) is 9.18 Å². The molecule has 3 aromatic carbocycles. The molecule has 0 radical (unpaired) electrons. The Morgan fingerprint density at radius 3 is 2.41 bits per heavy atom. The van der Waals surface area contributed by atoms with Gasteiger partial charge in [-0.15, -0.1) is 5.10 Å². The summed E-state index contributed by atoms with van der Waals surface area (Å²) in [5.41, 5.74) is 3.30. The van der Waals surface area contributed by atoms with E-state index in [2.05, 4.69) is 15.6 Å². The minimum atomic E-state index is -0.597. The third-order valence-corrected chi connectivity index (χ3v) is 5.66. The summed E-state index contributed by atoms with van der Waals surface area (Å²) in [6.07, 6.45) is 0. The summed E-state index contributed by atoms with van der Waals surface area (Å²) >= 11 is 0. The molecule has 0 spiro atoms. The first-order valence-electron chi connectivity index (χ1n) is 10.7. The lowest BCUT2D eigenvalue weighted by molar-refractivity contribution is -0.113. The summed E-state index contributed by atoms with van der Waals surface area (Å²) in [5.74, 6) is 1.08. The van der Waals surface area contributed by atoms with Crippen molar-refractivity contribution in [1.82, 2.24) is 14.8 Å². The number of benzene rings is 3. The third-order valence-electron chi connectivity index (χ3n) is 5.66. The van der Waals surface area contributed by atoms with Crippen molar-refractivity contribution in [3.05, 3.63) is 102 Å². The molecule has 5 rings (SSSR count). The van der Waals surface area contributed by atoms with Crippen molar-refractivity contribution in [3.8, 4) is 17.1 Å². The van der Waals surface area contributed by atoms with Crippen molar-refractivity contribution in [2.75, 3.05) is 17.7 Å². The Kier molecular flexibility index (Phi) is 5.55. The quantitative estimate of drug-likeness (QED) is 0.442. The zero-order chi connectivity index (χ0) is 23.7. The van der Waals surface area contributed by atoms with Crippen molar-refractivity contribution >= 4 is 17.5 Å². The van der Waals surface area contributed by atoms with Gasteiger partial charge in [-0.3, -0.25) is 4.79 Å². The van der Waals surface area contributed by atoms with Crippen molar-refractivity contribution in [2.45, 2.75) is 13.0 Å². The van der Waals surface area contributed by atoms with Crippen LogP contribution in [0.2, 0.25) is 0 Å². The number of fused-ring (bicyclic) bond motifs is 1. The van der Waals surface area contributed by atoms with Crippen LogP contribution < -0.4 is 15.4 Å². The first-order chi connectivity index (χ1) is 16.5. The molecule has 1 aliphatic rings. The monoisotopic (exact) mass is 455 g/mol. The number of amides is 1. The number of methoxy groups -OCH3 is 1. The fourth-order valence-electron chi connectivity index (χ4n) is 3.98. The van der Waals surface area contributed by atoms with Crippen molar-refractivity contribution in [2.24, 2.45) is 0 Å². The minimum Gasteiger partial charge on any atom is -0.497 e. The Morgan fingerprint density at radius 2 is 1.74 bits per heavy atom. The molecule has 1 atom stereocenters. The topological polar surface area (TPSA) is 81.1 Å². The number of halogens is 1. The van der Waals surface area contributed by atoms with Gasteiger partial charge in [0.05, 0.1) is 12.7 Å². The Morgan fingerprint density at radius 1 is 1.03 bits per heavy atom. The van der Waals surface area contributed by atoms with Gasteiger partial charge in [0.2, 0.25) is 5.95 Å². The predicted molar refractivity (Wildman–Crippen MR) is 128 cm³/mol. The first kappa shape index (κ1) is 21.4. The number of allylic oxidation sites excluding steroid dienone is 1. The number of ether oxygens (including phenoxy) is 1. The lowest BCUT2D eigenvalue weighted by Gasteiger charge is -2.28. The molecule has 2 heterocycles. The molecule has 0 aliphatic carbocycles. The van der Waals surface area contributed by atoms with Crippen LogP contribution in [0.25, 0.3) is 11.4 Å². The predicted octanol–water partition coefficient (Wildman–Crippen LogP) is 5.02. The first-order valence-corrected chi connectivity index (χ1v) is 10.7. The number of carbonyl (C=O) groups excluding carboxylic acids is 1. The van der Waals surface area contributed by atoms with Crippen LogP contribution in [-0.4, -0.2) is 27.8 Å². The molecule has 0 saturated heterocycles. The second-order valence-corrected chi connectivity index (χ2v) is 7.87. The highest BCUT2D eigenvalue weighted by Crippen LogP contribution is 2.37. The molecule has 0 fully saturated rings. The van der Waals surface area contributed by atoms with Gasteiger partial charge in [-0.1, -0.05) is 30.3 Å². The highest BCUT2D eigenvalue weighted by atomic mass is 19.1. The Balaban J connectivity index is 1.58. The van der Waals surface area contributed by atoms with Gasteiger partial charge < -0.3 is 15.4 Å². The SMILES string of the molecule is COc1ccc(-c2nc3n(n2)C(c2ccc(F)cc2)C(C(=O)Nc2ccccc2)=C(C)N3)cc1. The highest BCUT2D eigenvalue weighted by molar-refractivity contribution is 6.06. The van der Waals surface area contributed by atoms with E-state index in [1.807, 2.05) is 61.5 Å². The lowest BCUT2D eigenvalue weighted by Crippen LogP contribution is -2.31. The number of nitrogens with zero attached hydrogens (tertiary/aromatic N) is 3. The molecule has 2 N–H and O–H groups in total. The molecule has 1 aliphatic heterocycles. The molecular weight excluding hydrogens is 433 g/mol. The summed E-state index contributed by atoms with van der Waals surface area (Å²) in [5, 5.41) is 10.9.